The molecule has 0 saturated carbocycles. The van der Waals surface area contributed by atoms with Crippen molar-refractivity contribution in [1.29, 1.82) is 0 Å². The first kappa shape index (κ1) is 11.0. The first-order valence-corrected chi connectivity index (χ1v) is 5.88. The lowest BCUT2D eigenvalue weighted by Crippen LogP contribution is -2.25. The van der Waals surface area contributed by atoms with Crippen molar-refractivity contribution in [2.45, 2.75) is 13.5 Å². The third-order valence-corrected chi connectivity index (χ3v) is 3.31. The van der Waals surface area contributed by atoms with Gasteiger partial charge in [-0.25, -0.2) is 0 Å². The third-order valence-electron chi connectivity index (χ3n) is 2.45. The number of thiophene rings is 1. The Morgan fingerprint density at radius 2 is 2.31 bits per heavy atom. The topological polar surface area (TPSA) is 33.5 Å². The largest absolute Gasteiger partial charge is 0.469 e. The lowest BCUT2D eigenvalue weighted by molar-refractivity contribution is 0.0789. The van der Waals surface area contributed by atoms with E-state index in [0.29, 0.717) is 6.54 Å². The van der Waals surface area contributed by atoms with Crippen molar-refractivity contribution in [2.75, 3.05) is 7.05 Å². The Bertz CT molecular complexity index is 473. The molecule has 0 aromatic carbocycles. The summed E-state index contributed by atoms with van der Waals surface area (Å²) in [7, 11) is 1.80. The second-order valence-electron chi connectivity index (χ2n) is 3.64. The standard InChI is InChI=1S/C12H13NO2S/c1-9-10(5-6-15-9)8-13(2)12(14)11-4-3-7-16-11/h3-7H,8H2,1-2H3. The fraction of sp³-hybridized carbons (Fsp3) is 0.250. The van der Waals surface area contributed by atoms with E-state index in [4.69, 9.17) is 4.42 Å². The Hall–Kier alpha value is -1.55. The van der Waals surface area contributed by atoms with Crippen LogP contribution in [0.5, 0.6) is 0 Å². The number of furan rings is 1. The summed E-state index contributed by atoms with van der Waals surface area (Å²) in [6, 6.07) is 5.62. The minimum atomic E-state index is 0.0515. The predicted molar refractivity (Wildman–Crippen MR) is 63.6 cm³/mol. The molecule has 2 heterocycles. The van der Waals surface area contributed by atoms with E-state index in [-0.39, 0.29) is 5.91 Å². The summed E-state index contributed by atoms with van der Waals surface area (Å²) >= 11 is 1.46. The Morgan fingerprint density at radius 1 is 1.50 bits per heavy atom. The average molecular weight is 235 g/mol. The molecule has 2 rings (SSSR count). The van der Waals surface area contributed by atoms with Crippen LogP contribution in [0.2, 0.25) is 0 Å². The highest BCUT2D eigenvalue weighted by molar-refractivity contribution is 7.12. The minimum Gasteiger partial charge on any atom is -0.469 e. The van der Waals surface area contributed by atoms with Crippen LogP contribution in [0.3, 0.4) is 0 Å². The van der Waals surface area contributed by atoms with Crippen LogP contribution in [0.1, 0.15) is 21.0 Å². The van der Waals surface area contributed by atoms with Gasteiger partial charge in [-0.15, -0.1) is 11.3 Å². The van der Waals surface area contributed by atoms with Crippen LogP contribution in [0.15, 0.2) is 34.3 Å². The summed E-state index contributed by atoms with van der Waals surface area (Å²) in [5.74, 6) is 0.918. The molecule has 0 unspecified atom stereocenters. The van der Waals surface area contributed by atoms with Crippen LogP contribution in [0, 0.1) is 6.92 Å². The molecule has 0 aliphatic rings. The van der Waals surface area contributed by atoms with Crippen LogP contribution < -0.4 is 0 Å². The van der Waals surface area contributed by atoms with Gasteiger partial charge in [-0.2, -0.15) is 0 Å². The van der Waals surface area contributed by atoms with Gasteiger partial charge >= 0.3 is 0 Å². The maximum Gasteiger partial charge on any atom is 0.263 e. The number of hydrogen-bond donors (Lipinski definition) is 0. The quantitative estimate of drug-likeness (QED) is 0.819. The van der Waals surface area contributed by atoms with Crippen LogP contribution in [-0.2, 0) is 6.54 Å². The van der Waals surface area contributed by atoms with Crippen LogP contribution in [-0.4, -0.2) is 17.9 Å². The van der Waals surface area contributed by atoms with Gasteiger partial charge in [-0.1, -0.05) is 6.07 Å². The average Bonchev–Trinajstić information content (AvgIpc) is 2.89. The van der Waals surface area contributed by atoms with Crippen molar-refractivity contribution < 1.29 is 9.21 Å². The van der Waals surface area contributed by atoms with E-state index in [1.54, 1.807) is 18.2 Å². The second kappa shape index (κ2) is 4.53. The second-order valence-corrected chi connectivity index (χ2v) is 4.59. The third kappa shape index (κ3) is 2.17. The van der Waals surface area contributed by atoms with E-state index in [0.717, 1.165) is 16.2 Å². The summed E-state index contributed by atoms with van der Waals surface area (Å²) in [6.07, 6.45) is 1.65. The number of nitrogens with zero attached hydrogens (tertiary/aromatic N) is 1. The first-order valence-electron chi connectivity index (χ1n) is 5.00. The van der Waals surface area contributed by atoms with Crippen LogP contribution in [0.25, 0.3) is 0 Å². The number of aryl methyl sites for hydroxylation is 1. The van der Waals surface area contributed by atoms with E-state index in [2.05, 4.69) is 0 Å². The highest BCUT2D eigenvalue weighted by atomic mass is 32.1. The number of rotatable bonds is 3. The SMILES string of the molecule is Cc1occc1CN(C)C(=O)c1cccs1. The highest BCUT2D eigenvalue weighted by Gasteiger charge is 2.14. The maximum absolute atomic E-state index is 11.9. The molecule has 2 aromatic heterocycles. The molecule has 4 heteroatoms. The zero-order valence-electron chi connectivity index (χ0n) is 9.27. The van der Waals surface area contributed by atoms with E-state index < -0.39 is 0 Å². The zero-order valence-corrected chi connectivity index (χ0v) is 10.1. The molecule has 2 aromatic rings. The van der Waals surface area contributed by atoms with Crippen molar-refractivity contribution in [1.82, 2.24) is 4.90 Å². The first-order chi connectivity index (χ1) is 7.68. The van der Waals surface area contributed by atoms with Gasteiger partial charge in [0.2, 0.25) is 0 Å². The van der Waals surface area contributed by atoms with Crippen molar-refractivity contribution >= 4 is 17.2 Å². The Balaban J connectivity index is 2.07. The normalized spacial score (nSPS) is 10.4. The van der Waals surface area contributed by atoms with E-state index in [1.165, 1.54) is 11.3 Å². The molecule has 0 N–H and O–H groups in total. The van der Waals surface area contributed by atoms with Crippen LogP contribution >= 0.6 is 11.3 Å². The van der Waals surface area contributed by atoms with Gasteiger partial charge in [0.25, 0.3) is 5.91 Å². The molecule has 0 aliphatic heterocycles. The zero-order chi connectivity index (χ0) is 11.5. The summed E-state index contributed by atoms with van der Waals surface area (Å²) in [4.78, 5) is 14.4. The molecule has 0 bridgehead atoms. The van der Waals surface area contributed by atoms with E-state index in [1.807, 2.05) is 30.5 Å². The van der Waals surface area contributed by atoms with Gasteiger partial charge in [-0.05, 0) is 24.4 Å². The lowest BCUT2D eigenvalue weighted by Gasteiger charge is -2.15. The molecule has 0 atom stereocenters. The summed E-state index contributed by atoms with van der Waals surface area (Å²) in [6.45, 7) is 2.48. The van der Waals surface area contributed by atoms with Crippen LogP contribution in [0.4, 0.5) is 0 Å². The van der Waals surface area contributed by atoms with Crippen molar-refractivity contribution in [3.63, 3.8) is 0 Å². The maximum atomic E-state index is 11.9. The molecule has 3 nitrogen and oxygen atoms in total. The molecule has 84 valence electrons. The highest BCUT2D eigenvalue weighted by Crippen LogP contribution is 2.15. The van der Waals surface area contributed by atoms with Crippen molar-refractivity contribution in [3.05, 3.63) is 46.0 Å². The van der Waals surface area contributed by atoms with E-state index in [9.17, 15) is 4.79 Å². The molecule has 0 aliphatic carbocycles. The molecule has 0 fully saturated rings. The fourth-order valence-corrected chi connectivity index (χ4v) is 2.21. The van der Waals surface area contributed by atoms with Gasteiger partial charge in [0, 0.05) is 19.2 Å². The molecule has 0 saturated heterocycles. The molecular weight excluding hydrogens is 222 g/mol. The number of amides is 1. The van der Waals surface area contributed by atoms with Gasteiger partial charge in [0.05, 0.1) is 11.1 Å². The monoisotopic (exact) mass is 235 g/mol. The van der Waals surface area contributed by atoms with Gasteiger partial charge in [-0.3, -0.25) is 4.79 Å². The Labute approximate surface area is 98.3 Å². The van der Waals surface area contributed by atoms with E-state index >= 15 is 0 Å². The summed E-state index contributed by atoms with van der Waals surface area (Å²) in [5, 5.41) is 1.91. The van der Waals surface area contributed by atoms with Gasteiger partial charge in [0.15, 0.2) is 0 Å². The number of carbonyl (C=O) groups is 1. The van der Waals surface area contributed by atoms with Crippen molar-refractivity contribution in [3.8, 4) is 0 Å². The predicted octanol–water partition coefficient (Wildman–Crippen LogP) is 2.92. The molecule has 0 spiro atoms. The lowest BCUT2D eigenvalue weighted by atomic mass is 10.2. The Morgan fingerprint density at radius 3 is 2.88 bits per heavy atom. The molecule has 16 heavy (non-hydrogen) atoms. The smallest absolute Gasteiger partial charge is 0.263 e. The van der Waals surface area contributed by atoms with Gasteiger partial charge in [0.1, 0.15) is 5.76 Å². The van der Waals surface area contributed by atoms with Gasteiger partial charge < -0.3 is 9.32 Å². The number of carbonyl (C=O) groups excluding carboxylic acids is 1. The molecule has 1 amide bonds. The summed E-state index contributed by atoms with van der Waals surface area (Å²) < 4.78 is 5.20. The van der Waals surface area contributed by atoms with Crippen molar-refractivity contribution in [2.24, 2.45) is 0 Å². The number of hydrogen-bond acceptors (Lipinski definition) is 3. The Kier molecular flexibility index (Phi) is 3.10. The molecular formula is C12H13NO2S. The summed E-state index contributed by atoms with van der Waals surface area (Å²) in [5.41, 5.74) is 1.05. The minimum absolute atomic E-state index is 0.0515. The fourth-order valence-electron chi connectivity index (χ4n) is 1.49. The molecule has 0 radical (unpaired) electrons.